The monoisotopic (exact) mass is 444 g/mol. The van der Waals surface area contributed by atoms with Gasteiger partial charge in [0.2, 0.25) is 0 Å². The van der Waals surface area contributed by atoms with Crippen LogP contribution in [0.25, 0.3) is 0 Å². The van der Waals surface area contributed by atoms with Crippen molar-refractivity contribution in [1.82, 2.24) is 0 Å². The number of hydrogen-bond donors (Lipinski definition) is 4. The number of hydrogen-bond acceptors (Lipinski definition) is 6. The van der Waals surface area contributed by atoms with Crippen LogP contribution in [-0.4, -0.2) is 52.0 Å². The molecule has 30 heavy (non-hydrogen) atoms. The number of carbonyl (C=O) groups excluding carboxylic acids is 2. The Labute approximate surface area is 177 Å². The Balaban J connectivity index is 0.000000461. The molecule has 8 nitrogen and oxygen atoms in total. The predicted molar refractivity (Wildman–Crippen MR) is 108 cm³/mol. The summed E-state index contributed by atoms with van der Waals surface area (Å²) in [6.07, 6.45) is 7.32. The van der Waals surface area contributed by atoms with Gasteiger partial charge in [0.25, 0.3) is 0 Å². The van der Waals surface area contributed by atoms with Crippen molar-refractivity contribution >= 4 is 22.0 Å². The molecule has 4 aliphatic rings. The third-order valence-electron chi connectivity index (χ3n) is 8.44. The molecule has 0 aromatic carbocycles. The molecule has 0 spiro atoms. The van der Waals surface area contributed by atoms with E-state index >= 15 is 0 Å². The number of rotatable bonds is 2. The van der Waals surface area contributed by atoms with Crippen molar-refractivity contribution in [2.24, 2.45) is 34.5 Å². The lowest BCUT2D eigenvalue weighted by Crippen LogP contribution is -2.57. The standard InChI is InChI=1S/C21H30O4.H2O4S/c1-20-8-7-13(23)9-12(20)3-4-14-15-5-6-16(18(25)11-22)21(15,2)10-17(24)19(14)20;1-5(2,3)4/h9,14-17,19,22,24H,3-8,10-11H2,1-2H3;(H2,1,2,3,4)/t14-,15-,16+,17-,19+,20-,21-;/m0./s1. The van der Waals surface area contributed by atoms with Crippen molar-refractivity contribution < 1.29 is 37.3 Å². The lowest BCUT2D eigenvalue weighted by molar-refractivity contribution is -0.146. The van der Waals surface area contributed by atoms with Crippen LogP contribution in [0.2, 0.25) is 0 Å². The van der Waals surface area contributed by atoms with Crippen LogP contribution in [0.5, 0.6) is 0 Å². The van der Waals surface area contributed by atoms with E-state index in [1.54, 1.807) is 0 Å². The van der Waals surface area contributed by atoms with Crippen LogP contribution < -0.4 is 0 Å². The topological polar surface area (TPSA) is 149 Å². The molecule has 0 radical (unpaired) electrons. The fraction of sp³-hybridized carbons (Fsp3) is 0.810. The van der Waals surface area contributed by atoms with Gasteiger partial charge in [-0.15, -0.1) is 0 Å². The Morgan fingerprint density at radius 1 is 1.17 bits per heavy atom. The largest absolute Gasteiger partial charge is 0.394 e. The number of ketones is 2. The highest BCUT2D eigenvalue weighted by Crippen LogP contribution is 2.66. The van der Waals surface area contributed by atoms with Gasteiger partial charge in [-0.3, -0.25) is 18.7 Å². The average Bonchev–Trinajstić information content (AvgIpc) is 2.96. The summed E-state index contributed by atoms with van der Waals surface area (Å²) >= 11 is 0. The first kappa shape index (κ1) is 23.5. The number of aliphatic hydroxyl groups excluding tert-OH is 2. The number of aliphatic hydroxyl groups is 2. The highest BCUT2D eigenvalue weighted by molar-refractivity contribution is 7.79. The van der Waals surface area contributed by atoms with Crippen LogP contribution in [0.4, 0.5) is 0 Å². The molecule has 3 saturated carbocycles. The maximum atomic E-state index is 12.3. The summed E-state index contributed by atoms with van der Waals surface area (Å²) in [5, 5.41) is 20.5. The summed E-state index contributed by atoms with van der Waals surface area (Å²) in [6, 6.07) is 0. The molecule has 0 aromatic heterocycles. The smallest absolute Gasteiger partial charge is 0.393 e. The van der Waals surface area contributed by atoms with Crippen molar-refractivity contribution in [2.45, 2.75) is 64.9 Å². The molecule has 0 heterocycles. The van der Waals surface area contributed by atoms with Crippen molar-refractivity contribution in [1.29, 1.82) is 0 Å². The molecule has 9 heteroatoms. The van der Waals surface area contributed by atoms with E-state index in [4.69, 9.17) is 17.5 Å². The van der Waals surface area contributed by atoms with Gasteiger partial charge in [0.15, 0.2) is 11.6 Å². The van der Waals surface area contributed by atoms with Crippen LogP contribution in [0, 0.1) is 34.5 Å². The van der Waals surface area contributed by atoms with Crippen LogP contribution >= 0.6 is 0 Å². The Morgan fingerprint density at radius 2 is 1.80 bits per heavy atom. The van der Waals surface area contributed by atoms with E-state index in [9.17, 15) is 19.8 Å². The SMILES string of the molecule is C[C@]12C[C@H](O)[C@H]3[C@@H](CCC4=CC(=O)CC[C@@]43C)[C@@H]1CC[C@@H]2C(=O)CO.O=S(=O)(O)O. The fourth-order valence-electron chi connectivity index (χ4n) is 7.33. The third kappa shape index (κ3) is 4.14. The van der Waals surface area contributed by atoms with Crippen molar-refractivity contribution in [3.63, 3.8) is 0 Å². The first-order valence-corrected chi connectivity index (χ1v) is 12.0. The normalized spacial score (nSPS) is 42.8. The highest BCUT2D eigenvalue weighted by Gasteiger charge is 2.62. The second kappa shape index (κ2) is 8.09. The van der Waals surface area contributed by atoms with E-state index in [1.807, 2.05) is 6.08 Å². The molecule has 0 amide bonds. The van der Waals surface area contributed by atoms with Gasteiger partial charge in [0.05, 0.1) is 6.10 Å². The zero-order valence-electron chi connectivity index (χ0n) is 17.5. The van der Waals surface area contributed by atoms with Crippen molar-refractivity contribution in [3.05, 3.63) is 11.6 Å². The molecular weight excluding hydrogens is 412 g/mol. The molecule has 0 aromatic rings. The van der Waals surface area contributed by atoms with Crippen LogP contribution in [0.1, 0.15) is 58.8 Å². The molecule has 0 saturated heterocycles. The maximum absolute atomic E-state index is 12.3. The summed E-state index contributed by atoms with van der Waals surface area (Å²) in [4.78, 5) is 24.2. The summed E-state index contributed by atoms with van der Waals surface area (Å²) < 4.78 is 31.6. The van der Waals surface area contributed by atoms with E-state index in [-0.39, 0.29) is 40.8 Å². The third-order valence-corrected chi connectivity index (χ3v) is 8.44. The predicted octanol–water partition coefficient (Wildman–Crippen LogP) is 2.01. The Hall–Kier alpha value is -1.13. The summed E-state index contributed by atoms with van der Waals surface area (Å²) in [5.41, 5.74) is 0.979. The maximum Gasteiger partial charge on any atom is 0.394 e. The van der Waals surface area contributed by atoms with E-state index in [1.165, 1.54) is 5.57 Å². The van der Waals surface area contributed by atoms with E-state index in [0.29, 0.717) is 24.7 Å². The summed E-state index contributed by atoms with van der Waals surface area (Å²) in [6.45, 7) is 4.03. The van der Waals surface area contributed by atoms with Crippen LogP contribution in [0.3, 0.4) is 0 Å². The summed E-state index contributed by atoms with van der Waals surface area (Å²) in [5.74, 6) is 1.12. The van der Waals surface area contributed by atoms with E-state index in [0.717, 1.165) is 32.1 Å². The molecule has 3 fully saturated rings. The van der Waals surface area contributed by atoms with Gasteiger partial charge in [-0.05, 0) is 73.2 Å². The van der Waals surface area contributed by atoms with Gasteiger partial charge in [0.1, 0.15) is 6.61 Å². The number of fused-ring (bicyclic) bond motifs is 5. The fourth-order valence-corrected chi connectivity index (χ4v) is 7.33. The van der Waals surface area contributed by atoms with E-state index < -0.39 is 16.5 Å². The lowest BCUT2D eigenvalue weighted by Gasteiger charge is -2.59. The number of Topliss-reactive ketones (excluding diaryl/α,β-unsaturated/α-hetero) is 1. The minimum atomic E-state index is -4.67. The minimum Gasteiger partial charge on any atom is -0.393 e. The van der Waals surface area contributed by atoms with Gasteiger partial charge in [-0.25, -0.2) is 0 Å². The van der Waals surface area contributed by atoms with Gasteiger partial charge in [-0.1, -0.05) is 19.4 Å². The minimum absolute atomic E-state index is 0.0541. The van der Waals surface area contributed by atoms with Gasteiger partial charge in [-0.2, -0.15) is 8.42 Å². The number of allylic oxidation sites excluding steroid dienone is 1. The second-order valence-electron chi connectivity index (χ2n) is 9.87. The lowest BCUT2D eigenvalue weighted by atomic mass is 9.46. The average molecular weight is 445 g/mol. The Kier molecular flexibility index (Phi) is 6.35. The Bertz CT molecular complexity index is 841. The molecule has 4 N–H and O–H groups in total. The molecule has 0 bridgehead atoms. The number of carbonyl (C=O) groups is 2. The molecule has 4 aliphatic carbocycles. The second-order valence-corrected chi connectivity index (χ2v) is 10.8. The quantitative estimate of drug-likeness (QED) is 0.473. The Morgan fingerprint density at radius 3 is 2.40 bits per heavy atom. The zero-order valence-corrected chi connectivity index (χ0v) is 18.3. The molecule has 4 rings (SSSR count). The van der Waals surface area contributed by atoms with Crippen LogP contribution in [0.15, 0.2) is 11.6 Å². The molecule has 170 valence electrons. The van der Waals surface area contributed by atoms with Gasteiger partial charge >= 0.3 is 10.4 Å². The highest BCUT2D eigenvalue weighted by atomic mass is 32.3. The van der Waals surface area contributed by atoms with Crippen molar-refractivity contribution in [2.75, 3.05) is 6.61 Å². The van der Waals surface area contributed by atoms with E-state index in [2.05, 4.69) is 13.8 Å². The summed E-state index contributed by atoms with van der Waals surface area (Å²) in [7, 11) is -4.67. The molecular formula is C21H32O8S. The molecule has 0 unspecified atom stereocenters. The van der Waals surface area contributed by atoms with Crippen molar-refractivity contribution in [3.8, 4) is 0 Å². The van der Waals surface area contributed by atoms with Gasteiger partial charge < -0.3 is 10.2 Å². The van der Waals surface area contributed by atoms with Crippen LogP contribution in [-0.2, 0) is 20.0 Å². The van der Waals surface area contributed by atoms with Gasteiger partial charge in [0, 0.05) is 12.3 Å². The first-order valence-electron chi connectivity index (χ1n) is 10.6. The molecule has 0 aliphatic heterocycles. The first-order chi connectivity index (χ1) is 13.8. The molecule has 7 atom stereocenters. The zero-order chi connectivity index (χ0) is 22.5.